The van der Waals surface area contributed by atoms with Crippen molar-refractivity contribution in [2.24, 2.45) is 0 Å². The lowest BCUT2D eigenvalue weighted by atomic mass is 10.1. The van der Waals surface area contributed by atoms with E-state index < -0.39 is 29.6 Å². The highest BCUT2D eigenvalue weighted by Crippen LogP contribution is 2.39. The lowest BCUT2D eigenvalue weighted by molar-refractivity contribution is -0.215. The van der Waals surface area contributed by atoms with E-state index in [1.807, 2.05) is 0 Å². The Morgan fingerprint density at radius 3 is 2.35 bits per heavy atom. The van der Waals surface area contributed by atoms with Crippen LogP contribution in [0.1, 0.15) is 12.5 Å². The summed E-state index contributed by atoms with van der Waals surface area (Å²) in [5.41, 5.74) is -3.03. The van der Waals surface area contributed by atoms with Gasteiger partial charge in [0.15, 0.2) is 5.72 Å². The number of likely N-dealkylation sites (N-methyl/N-ethyl adjacent to an activating group) is 1. The molecule has 2 rings (SSSR count). The van der Waals surface area contributed by atoms with E-state index in [2.05, 4.69) is 4.74 Å². The topological polar surface area (TPSA) is 32.8 Å². The molecule has 1 aliphatic heterocycles. The zero-order valence-electron chi connectivity index (χ0n) is 13.7. The minimum atomic E-state index is -5.23. The summed E-state index contributed by atoms with van der Waals surface area (Å²) in [6.07, 6.45) is -9.90. The normalized spacial score (nSPS) is 22.4. The monoisotopic (exact) mass is 404 g/mol. The van der Waals surface area contributed by atoms with Crippen LogP contribution in [0.2, 0.25) is 5.02 Å². The molecule has 0 radical (unpaired) electrons. The Morgan fingerprint density at radius 1 is 1.19 bits per heavy atom. The molecule has 1 atom stereocenters. The Labute approximate surface area is 150 Å². The molecular formula is C15H15ClF6N2O2. The van der Waals surface area contributed by atoms with Crippen LogP contribution in [0, 0.1) is 0 Å². The molecule has 146 valence electrons. The Hall–Kier alpha value is -1.68. The summed E-state index contributed by atoms with van der Waals surface area (Å²) in [5, 5.41) is -0.100. The van der Waals surface area contributed by atoms with Gasteiger partial charge in [-0.2, -0.15) is 26.3 Å². The van der Waals surface area contributed by atoms with Gasteiger partial charge in [0, 0.05) is 13.1 Å². The van der Waals surface area contributed by atoms with Crippen molar-refractivity contribution in [3.05, 3.63) is 28.8 Å². The molecule has 0 amide bonds. The fourth-order valence-electron chi connectivity index (χ4n) is 2.79. The van der Waals surface area contributed by atoms with Crippen molar-refractivity contribution < 1.29 is 35.9 Å². The molecule has 1 saturated heterocycles. The number of carbonyl (C=O) groups is 1. The second-order valence-corrected chi connectivity index (χ2v) is 6.52. The van der Waals surface area contributed by atoms with Crippen LogP contribution in [0.3, 0.4) is 0 Å². The van der Waals surface area contributed by atoms with E-state index in [9.17, 15) is 31.1 Å². The van der Waals surface area contributed by atoms with Crippen LogP contribution in [0.4, 0.5) is 32.0 Å². The lowest BCUT2D eigenvalue weighted by Gasteiger charge is -2.48. The molecule has 0 bridgehead atoms. The van der Waals surface area contributed by atoms with E-state index in [-0.39, 0.29) is 23.8 Å². The van der Waals surface area contributed by atoms with E-state index in [1.54, 1.807) is 11.9 Å². The highest BCUT2D eigenvalue weighted by atomic mass is 35.5. The number of hydrogen-bond donors (Lipinski definition) is 0. The molecule has 0 aliphatic carbocycles. The maximum Gasteiger partial charge on any atom is 0.491 e. The van der Waals surface area contributed by atoms with Gasteiger partial charge in [0.1, 0.15) is 0 Å². The van der Waals surface area contributed by atoms with E-state index in [0.29, 0.717) is 6.54 Å². The highest BCUT2D eigenvalue weighted by molar-refractivity contribution is 6.33. The van der Waals surface area contributed by atoms with E-state index in [4.69, 9.17) is 11.6 Å². The van der Waals surface area contributed by atoms with Gasteiger partial charge >= 0.3 is 18.3 Å². The molecule has 1 aromatic carbocycles. The first-order valence-corrected chi connectivity index (χ1v) is 7.75. The quantitative estimate of drug-likeness (QED) is 0.552. The third kappa shape index (κ3) is 4.35. The van der Waals surface area contributed by atoms with Crippen LogP contribution in [0.25, 0.3) is 0 Å². The van der Waals surface area contributed by atoms with Gasteiger partial charge in [-0.15, -0.1) is 0 Å². The van der Waals surface area contributed by atoms with Crippen LogP contribution in [-0.4, -0.2) is 49.5 Å². The fraction of sp³-hybridized carbons (Fsp3) is 0.533. The molecule has 1 aliphatic rings. The summed E-state index contributed by atoms with van der Waals surface area (Å²) in [6.45, 7) is 1.38. The molecule has 0 N–H and O–H groups in total. The number of hydrogen-bond acceptors (Lipinski definition) is 4. The lowest BCUT2D eigenvalue weighted by Crippen LogP contribution is -2.63. The Bertz CT molecular complexity index is 694. The molecule has 0 spiro atoms. The first kappa shape index (κ1) is 20.6. The maximum absolute atomic E-state index is 13.0. The number of rotatable bonds is 2. The van der Waals surface area contributed by atoms with Crippen molar-refractivity contribution in [2.45, 2.75) is 25.0 Å². The first-order valence-electron chi connectivity index (χ1n) is 7.37. The summed E-state index contributed by atoms with van der Waals surface area (Å²) in [5.74, 6) is -2.43. The zero-order valence-corrected chi connectivity index (χ0v) is 14.5. The predicted molar refractivity (Wildman–Crippen MR) is 81.8 cm³/mol. The summed E-state index contributed by atoms with van der Waals surface area (Å²) >= 11 is 5.98. The second-order valence-electron chi connectivity index (χ2n) is 6.12. The molecule has 0 saturated carbocycles. The van der Waals surface area contributed by atoms with Crippen LogP contribution in [-0.2, 0) is 15.7 Å². The van der Waals surface area contributed by atoms with Gasteiger partial charge in [-0.3, -0.25) is 4.90 Å². The van der Waals surface area contributed by atoms with Gasteiger partial charge in [0.05, 0.1) is 22.8 Å². The average molecular weight is 405 g/mol. The van der Waals surface area contributed by atoms with Gasteiger partial charge in [-0.1, -0.05) is 11.6 Å². The number of piperazine rings is 1. The number of esters is 1. The second kappa shape index (κ2) is 6.80. The molecule has 0 aromatic heterocycles. The minimum Gasteiger partial charge on any atom is -0.431 e. The number of halogens is 7. The molecule has 11 heteroatoms. The van der Waals surface area contributed by atoms with Crippen molar-refractivity contribution in [1.29, 1.82) is 0 Å². The predicted octanol–water partition coefficient (Wildman–Crippen LogP) is 3.93. The number of alkyl halides is 6. The molecule has 26 heavy (non-hydrogen) atoms. The standard InChI is InChI=1S/C15H15ClF6N2O2/c1-13(26-12(25)15(20,21)22)8-23(2)5-6-24(13)11-7-9(14(17,18)19)3-4-10(11)16/h3-4,7H,5-6,8H2,1-2H3/t13-/m1/s1. The molecular weight excluding hydrogens is 390 g/mol. The molecule has 1 heterocycles. The van der Waals surface area contributed by atoms with E-state index >= 15 is 0 Å². The van der Waals surface area contributed by atoms with Crippen LogP contribution in [0.15, 0.2) is 18.2 Å². The Morgan fingerprint density at radius 2 is 1.81 bits per heavy atom. The third-order valence-corrected chi connectivity index (χ3v) is 4.27. The van der Waals surface area contributed by atoms with E-state index in [1.165, 1.54) is 6.92 Å². The fourth-order valence-corrected chi connectivity index (χ4v) is 3.01. The van der Waals surface area contributed by atoms with Crippen LogP contribution >= 0.6 is 11.6 Å². The summed E-state index contributed by atoms with van der Waals surface area (Å²) in [4.78, 5) is 14.1. The maximum atomic E-state index is 13.0. The van der Waals surface area contributed by atoms with Gasteiger partial charge in [-0.25, -0.2) is 4.79 Å². The number of benzene rings is 1. The highest BCUT2D eigenvalue weighted by Gasteiger charge is 2.49. The van der Waals surface area contributed by atoms with Gasteiger partial charge in [0.2, 0.25) is 0 Å². The third-order valence-electron chi connectivity index (χ3n) is 3.95. The summed E-state index contributed by atoms with van der Waals surface area (Å²) in [6, 6.07) is 2.50. The Balaban J connectivity index is 2.46. The molecule has 0 unspecified atom stereocenters. The number of carbonyl (C=O) groups excluding carboxylic acids is 1. The molecule has 1 aromatic rings. The van der Waals surface area contributed by atoms with Crippen molar-refractivity contribution >= 4 is 23.3 Å². The van der Waals surface area contributed by atoms with Crippen molar-refractivity contribution in [3.8, 4) is 0 Å². The molecule has 1 fully saturated rings. The molecule has 4 nitrogen and oxygen atoms in total. The number of nitrogens with zero attached hydrogens (tertiary/aromatic N) is 2. The largest absolute Gasteiger partial charge is 0.491 e. The van der Waals surface area contributed by atoms with Gasteiger partial charge < -0.3 is 9.64 Å². The van der Waals surface area contributed by atoms with Crippen LogP contribution in [0.5, 0.6) is 0 Å². The first-order chi connectivity index (χ1) is 11.7. The van der Waals surface area contributed by atoms with Crippen molar-refractivity contribution in [3.63, 3.8) is 0 Å². The smallest absolute Gasteiger partial charge is 0.431 e. The number of anilines is 1. The van der Waals surface area contributed by atoms with Crippen molar-refractivity contribution in [2.75, 3.05) is 31.6 Å². The Kier molecular flexibility index (Phi) is 5.40. The summed E-state index contributed by atoms with van der Waals surface area (Å²) in [7, 11) is 1.59. The van der Waals surface area contributed by atoms with Gasteiger partial charge in [0.25, 0.3) is 0 Å². The zero-order chi connectivity index (χ0) is 19.9. The summed E-state index contributed by atoms with van der Waals surface area (Å²) < 4.78 is 81.5. The number of ether oxygens (including phenoxy) is 1. The minimum absolute atomic E-state index is 0.0131. The SMILES string of the molecule is CN1CCN(c2cc(C(F)(F)F)ccc2Cl)[C@](C)(OC(=O)C(F)(F)F)C1. The average Bonchev–Trinajstić information content (AvgIpc) is 2.45. The van der Waals surface area contributed by atoms with Gasteiger partial charge in [-0.05, 0) is 32.2 Å². The van der Waals surface area contributed by atoms with Crippen molar-refractivity contribution in [1.82, 2.24) is 4.90 Å². The van der Waals surface area contributed by atoms with Crippen LogP contribution < -0.4 is 4.90 Å². The van der Waals surface area contributed by atoms with E-state index in [0.717, 1.165) is 23.1 Å².